The minimum Gasteiger partial charge on any atom is -0.388 e. The maximum absolute atomic E-state index is 10.3. The largest absolute Gasteiger partial charge is 0.388 e. The lowest BCUT2D eigenvalue weighted by molar-refractivity contribution is 0.178. The van der Waals surface area contributed by atoms with Crippen molar-refractivity contribution < 1.29 is 5.11 Å². The quantitative estimate of drug-likeness (QED) is 0.869. The molecule has 1 unspecified atom stereocenters. The van der Waals surface area contributed by atoms with Crippen molar-refractivity contribution in [1.29, 1.82) is 0 Å². The SMILES string of the molecule is CCc1ccc(C(O)Cc2ccc(C)c(C)c2)cc1. The van der Waals surface area contributed by atoms with Gasteiger partial charge in [0.2, 0.25) is 0 Å². The second kappa shape index (κ2) is 6.03. The van der Waals surface area contributed by atoms with E-state index in [0.29, 0.717) is 6.42 Å². The van der Waals surface area contributed by atoms with Crippen LogP contribution in [-0.4, -0.2) is 5.11 Å². The van der Waals surface area contributed by atoms with Crippen LogP contribution in [0.5, 0.6) is 0 Å². The zero-order chi connectivity index (χ0) is 13.8. The molecule has 1 N–H and O–H groups in total. The standard InChI is InChI=1S/C18H22O/c1-4-15-7-9-17(10-8-15)18(19)12-16-6-5-13(2)14(3)11-16/h5-11,18-19H,4,12H2,1-3H3. The molecule has 0 aromatic heterocycles. The van der Waals surface area contributed by atoms with Gasteiger partial charge in [0, 0.05) is 6.42 Å². The predicted octanol–water partition coefficient (Wildman–Crippen LogP) is 4.14. The van der Waals surface area contributed by atoms with Crippen molar-refractivity contribution in [2.45, 2.75) is 39.7 Å². The van der Waals surface area contributed by atoms with E-state index in [1.54, 1.807) is 0 Å². The molecule has 2 rings (SSSR count). The number of benzene rings is 2. The lowest BCUT2D eigenvalue weighted by Gasteiger charge is -2.13. The number of hydrogen-bond acceptors (Lipinski definition) is 1. The summed E-state index contributed by atoms with van der Waals surface area (Å²) in [5.41, 5.74) is 6.07. The summed E-state index contributed by atoms with van der Waals surface area (Å²) in [6, 6.07) is 14.6. The van der Waals surface area contributed by atoms with Crippen molar-refractivity contribution in [3.63, 3.8) is 0 Å². The minimum atomic E-state index is -0.423. The number of hydrogen-bond donors (Lipinski definition) is 1. The molecule has 0 bridgehead atoms. The summed E-state index contributed by atoms with van der Waals surface area (Å²) < 4.78 is 0. The molecule has 1 atom stereocenters. The second-order valence-electron chi connectivity index (χ2n) is 5.23. The molecule has 0 amide bonds. The molecule has 0 fully saturated rings. The molecule has 100 valence electrons. The molecule has 2 aromatic rings. The van der Waals surface area contributed by atoms with Gasteiger partial charge < -0.3 is 5.11 Å². The molecular weight excluding hydrogens is 232 g/mol. The summed E-state index contributed by atoms with van der Waals surface area (Å²) in [4.78, 5) is 0. The van der Waals surface area contributed by atoms with Gasteiger partial charge in [0.15, 0.2) is 0 Å². The molecule has 2 aromatic carbocycles. The maximum Gasteiger partial charge on any atom is 0.0830 e. The first-order chi connectivity index (χ1) is 9.10. The highest BCUT2D eigenvalue weighted by molar-refractivity contribution is 5.32. The maximum atomic E-state index is 10.3. The normalized spacial score (nSPS) is 12.4. The van der Waals surface area contributed by atoms with E-state index in [1.807, 2.05) is 12.1 Å². The fourth-order valence-corrected chi connectivity index (χ4v) is 2.25. The molecule has 1 heteroatoms. The molecule has 0 aliphatic heterocycles. The van der Waals surface area contributed by atoms with Crippen LogP contribution in [0.1, 0.15) is 40.8 Å². The van der Waals surface area contributed by atoms with E-state index in [9.17, 15) is 5.11 Å². The van der Waals surface area contributed by atoms with Crippen LogP contribution >= 0.6 is 0 Å². The molecule has 0 spiro atoms. The zero-order valence-corrected chi connectivity index (χ0v) is 12.0. The summed E-state index contributed by atoms with van der Waals surface area (Å²) >= 11 is 0. The smallest absolute Gasteiger partial charge is 0.0830 e. The number of aliphatic hydroxyl groups is 1. The fraction of sp³-hybridized carbons (Fsp3) is 0.333. The van der Waals surface area contributed by atoms with Crippen molar-refractivity contribution in [2.75, 3.05) is 0 Å². The van der Waals surface area contributed by atoms with Crippen LogP contribution in [0.3, 0.4) is 0 Å². The first-order valence-electron chi connectivity index (χ1n) is 6.93. The van der Waals surface area contributed by atoms with Crippen LogP contribution in [0.25, 0.3) is 0 Å². The number of rotatable bonds is 4. The van der Waals surface area contributed by atoms with Gasteiger partial charge in [-0.25, -0.2) is 0 Å². The van der Waals surface area contributed by atoms with Crippen molar-refractivity contribution in [1.82, 2.24) is 0 Å². The molecule has 19 heavy (non-hydrogen) atoms. The van der Waals surface area contributed by atoms with E-state index in [1.165, 1.54) is 22.3 Å². The highest BCUT2D eigenvalue weighted by Crippen LogP contribution is 2.20. The molecule has 1 nitrogen and oxygen atoms in total. The monoisotopic (exact) mass is 254 g/mol. The summed E-state index contributed by atoms with van der Waals surface area (Å²) in [7, 11) is 0. The average molecular weight is 254 g/mol. The van der Waals surface area contributed by atoms with Crippen LogP contribution < -0.4 is 0 Å². The van der Waals surface area contributed by atoms with E-state index in [0.717, 1.165) is 12.0 Å². The van der Waals surface area contributed by atoms with Gasteiger partial charge in [-0.1, -0.05) is 49.4 Å². The zero-order valence-electron chi connectivity index (χ0n) is 12.0. The lowest BCUT2D eigenvalue weighted by atomic mass is 9.97. The Morgan fingerprint density at radius 1 is 0.895 bits per heavy atom. The van der Waals surface area contributed by atoms with E-state index in [2.05, 4.69) is 51.1 Å². The van der Waals surface area contributed by atoms with Gasteiger partial charge in [-0.15, -0.1) is 0 Å². The highest BCUT2D eigenvalue weighted by Gasteiger charge is 2.09. The second-order valence-corrected chi connectivity index (χ2v) is 5.23. The topological polar surface area (TPSA) is 20.2 Å². The minimum absolute atomic E-state index is 0.423. The molecular formula is C18H22O. The van der Waals surface area contributed by atoms with E-state index >= 15 is 0 Å². The molecule has 0 saturated heterocycles. The van der Waals surface area contributed by atoms with Crippen molar-refractivity contribution in [3.8, 4) is 0 Å². The van der Waals surface area contributed by atoms with Gasteiger partial charge in [-0.2, -0.15) is 0 Å². The van der Waals surface area contributed by atoms with Crippen molar-refractivity contribution in [2.24, 2.45) is 0 Å². The predicted molar refractivity (Wildman–Crippen MR) is 80.4 cm³/mol. The first kappa shape index (κ1) is 13.8. The van der Waals surface area contributed by atoms with E-state index in [4.69, 9.17) is 0 Å². The molecule has 0 aliphatic carbocycles. The van der Waals surface area contributed by atoms with Crippen LogP contribution in [0.2, 0.25) is 0 Å². The van der Waals surface area contributed by atoms with Gasteiger partial charge in [0.1, 0.15) is 0 Å². The number of aliphatic hydroxyl groups excluding tert-OH is 1. The average Bonchev–Trinajstić information content (AvgIpc) is 2.43. The van der Waals surface area contributed by atoms with Gasteiger partial charge in [0.05, 0.1) is 6.10 Å². The Labute approximate surface area is 115 Å². The first-order valence-corrected chi connectivity index (χ1v) is 6.93. The van der Waals surface area contributed by atoms with Crippen LogP contribution in [0.15, 0.2) is 42.5 Å². The van der Waals surface area contributed by atoms with E-state index < -0.39 is 6.10 Å². The Bertz CT molecular complexity index is 540. The summed E-state index contributed by atoms with van der Waals surface area (Å²) in [6.45, 7) is 6.36. The molecule has 0 radical (unpaired) electrons. The van der Waals surface area contributed by atoms with Gasteiger partial charge >= 0.3 is 0 Å². The summed E-state index contributed by atoms with van der Waals surface area (Å²) in [5.74, 6) is 0. The van der Waals surface area contributed by atoms with Crippen LogP contribution in [-0.2, 0) is 12.8 Å². The van der Waals surface area contributed by atoms with E-state index in [-0.39, 0.29) is 0 Å². The van der Waals surface area contributed by atoms with Crippen LogP contribution in [0, 0.1) is 13.8 Å². The number of aryl methyl sites for hydroxylation is 3. The Morgan fingerprint density at radius 2 is 1.53 bits per heavy atom. The Balaban J connectivity index is 2.10. The third-order valence-corrected chi connectivity index (χ3v) is 3.77. The van der Waals surface area contributed by atoms with Gasteiger partial charge in [-0.05, 0) is 48.1 Å². The highest BCUT2D eigenvalue weighted by atomic mass is 16.3. The van der Waals surface area contributed by atoms with Crippen molar-refractivity contribution in [3.05, 3.63) is 70.3 Å². The van der Waals surface area contributed by atoms with Gasteiger partial charge in [-0.3, -0.25) is 0 Å². The van der Waals surface area contributed by atoms with Gasteiger partial charge in [0.25, 0.3) is 0 Å². The van der Waals surface area contributed by atoms with Crippen molar-refractivity contribution >= 4 is 0 Å². The Hall–Kier alpha value is -1.60. The molecule has 0 heterocycles. The lowest BCUT2D eigenvalue weighted by Crippen LogP contribution is -2.02. The third kappa shape index (κ3) is 3.45. The Morgan fingerprint density at radius 3 is 2.11 bits per heavy atom. The third-order valence-electron chi connectivity index (χ3n) is 3.77. The summed E-state index contributed by atoms with van der Waals surface area (Å²) in [6.07, 6.45) is 1.29. The molecule has 0 saturated carbocycles. The molecule has 0 aliphatic rings. The summed E-state index contributed by atoms with van der Waals surface area (Å²) in [5, 5.41) is 10.3. The van der Waals surface area contributed by atoms with Crippen LogP contribution in [0.4, 0.5) is 0 Å². The Kier molecular flexibility index (Phi) is 4.39. The fourth-order valence-electron chi connectivity index (χ4n) is 2.25.